The van der Waals surface area contributed by atoms with Crippen LogP contribution in [0.5, 0.6) is 0 Å². The van der Waals surface area contributed by atoms with E-state index in [2.05, 4.69) is 0 Å². The van der Waals surface area contributed by atoms with Gasteiger partial charge in [-0.2, -0.15) is 0 Å². The summed E-state index contributed by atoms with van der Waals surface area (Å²) < 4.78 is 25.7. The summed E-state index contributed by atoms with van der Waals surface area (Å²) >= 11 is 0. The Hall–Kier alpha value is -0.130. The van der Waals surface area contributed by atoms with Crippen LogP contribution in [-0.2, 0) is 10.0 Å². The molecule has 0 radical (unpaired) electrons. The first-order valence-corrected chi connectivity index (χ1v) is 7.83. The predicted octanol–water partition coefficient (Wildman–Crippen LogP) is 1.60. The molecule has 0 spiro atoms. The molecule has 102 valence electrons. The molecule has 5 heteroatoms. The highest BCUT2D eigenvalue weighted by molar-refractivity contribution is 7.89. The van der Waals surface area contributed by atoms with Gasteiger partial charge in [-0.25, -0.2) is 12.7 Å². The molecule has 17 heavy (non-hydrogen) atoms. The second-order valence-corrected chi connectivity index (χ2v) is 8.61. The van der Waals surface area contributed by atoms with E-state index in [4.69, 9.17) is 0 Å². The molecule has 1 fully saturated rings. The van der Waals surface area contributed by atoms with Gasteiger partial charge in [0.2, 0.25) is 10.0 Å². The first kappa shape index (κ1) is 14.9. The van der Waals surface area contributed by atoms with E-state index in [-0.39, 0.29) is 11.2 Å². The third-order valence-electron chi connectivity index (χ3n) is 3.30. The highest BCUT2D eigenvalue weighted by Crippen LogP contribution is 2.25. The summed E-state index contributed by atoms with van der Waals surface area (Å²) in [6, 6.07) is 0. The van der Waals surface area contributed by atoms with Gasteiger partial charge >= 0.3 is 0 Å². The summed E-state index contributed by atoms with van der Waals surface area (Å²) in [5, 5.41) is 9.80. The molecule has 0 aromatic heterocycles. The normalized spacial score (nSPS) is 22.6. The minimum absolute atomic E-state index is 0.0361. The number of sulfonamides is 1. The van der Waals surface area contributed by atoms with E-state index in [1.807, 2.05) is 20.8 Å². The van der Waals surface area contributed by atoms with Gasteiger partial charge in [-0.15, -0.1) is 0 Å². The lowest BCUT2D eigenvalue weighted by Crippen LogP contribution is -2.46. The van der Waals surface area contributed by atoms with Crippen LogP contribution in [0.25, 0.3) is 0 Å². The van der Waals surface area contributed by atoms with Gasteiger partial charge in [0, 0.05) is 13.1 Å². The van der Waals surface area contributed by atoms with E-state index < -0.39 is 15.6 Å². The Morgan fingerprint density at radius 2 is 1.71 bits per heavy atom. The number of piperidine rings is 1. The van der Waals surface area contributed by atoms with Crippen LogP contribution < -0.4 is 0 Å². The fourth-order valence-corrected chi connectivity index (χ4v) is 3.68. The van der Waals surface area contributed by atoms with Gasteiger partial charge in [0.15, 0.2) is 0 Å². The van der Waals surface area contributed by atoms with Crippen LogP contribution in [0.1, 0.15) is 47.0 Å². The van der Waals surface area contributed by atoms with Crippen molar-refractivity contribution in [2.45, 2.75) is 52.6 Å². The van der Waals surface area contributed by atoms with Crippen molar-refractivity contribution in [3.63, 3.8) is 0 Å². The number of nitrogens with zero attached hydrogens (tertiary/aromatic N) is 1. The standard InChI is InChI=1S/C12H25NO3S/c1-11(2,3)7-10-17(15,16)13-8-5-12(4,14)6-9-13/h14H,5-10H2,1-4H3. The van der Waals surface area contributed by atoms with Gasteiger partial charge in [-0.05, 0) is 31.6 Å². The third kappa shape index (κ3) is 4.94. The summed E-state index contributed by atoms with van der Waals surface area (Å²) in [7, 11) is -3.14. The van der Waals surface area contributed by atoms with Gasteiger partial charge < -0.3 is 5.11 Å². The highest BCUT2D eigenvalue weighted by Gasteiger charge is 2.33. The zero-order valence-corrected chi connectivity index (χ0v) is 12.2. The maximum Gasteiger partial charge on any atom is 0.214 e. The summed E-state index contributed by atoms with van der Waals surface area (Å²) in [6.45, 7) is 8.79. The molecule has 1 rings (SSSR count). The second-order valence-electron chi connectivity index (χ2n) is 6.52. The Morgan fingerprint density at radius 3 is 2.12 bits per heavy atom. The molecule has 1 aliphatic heterocycles. The first-order chi connectivity index (χ1) is 7.52. The lowest BCUT2D eigenvalue weighted by Gasteiger charge is -2.35. The minimum atomic E-state index is -3.14. The summed E-state index contributed by atoms with van der Waals surface area (Å²) in [5.74, 6) is 0.207. The molecule has 0 saturated carbocycles. The lowest BCUT2D eigenvalue weighted by molar-refractivity contribution is 0.0125. The largest absolute Gasteiger partial charge is 0.390 e. The molecule has 1 N–H and O–H groups in total. The molecule has 0 aromatic rings. The summed E-state index contributed by atoms with van der Waals surface area (Å²) in [6.07, 6.45) is 1.73. The average molecular weight is 263 g/mol. The van der Waals surface area contributed by atoms with E-state index in [1.165, 1.54) is 4.31 Å². The summed E-state index contributed by atoms with van der Waals surface area (Å²) in [4.78, 5) is 0. The molecule has 1 saturated heterocycles. The van der Waals surface area contributed by atoms with Crippen molar-refractivity contribution in [2.24, 2.45) is 5.41 Å². The van der Waals surface area contributed by atoms with Crippen molar-refractivity contribution in [3.05, 3.63) is 0 Å². The molecule has 0 amide bonds. The lowest BCUT2D eigenvalue weighted by atomic mass is 9.94. The van der Waals surface area contributed by atoms with Crippen LogP contribution in [0.4, 0.5) is 0 Å². The Balaban J connectivity index is 2.55. The molecule has 4 nitrogen and oxygen atoms in total. The number of rotatable bonds is 3. The molecule has 1 heterocycles. The molecule has 1 aliphatic rings. The van der Waals surface area contributed by atoms with Crippen LogP contribution >= 0.6 is 0 Å². The third-order valence-corrected chi connectivity index (χ3v) is 5.17. The van der Waals surface area contributed by atoms with Crippen LogP contribution in [-0.4, -0.2) is 42.3 Å². The van der Waals surface area contributed by atoms with Crippen LogP contribution in [0.3, 0.4) is 0 Å². The van der Waals surface area contributed by atoms with E-state index in [1.54, 1.807) is 6.92 Å². The van der Waals surface area contributed by atoms with Gasteiger partial charge in [-0.1, -0.05) is 20.8 Å². The zero-order chi connectivity index (χ0) is 13.3. The molecule has 0 aromatic carbocycles. The maximum atomic E-state index is 12.1. The number of hydrogen-bond donors (Lipinski definition) is 1. The van der Waals surface area contributed by atoms with Crippen LogP contribution in [0.15, 0.2) is 0 Å². The van der Waals surface area contributed by atoms with Gasteiger partial charge in [0.25, 0.3) is 0 Å². The number of hydrogen-bond acceptors (Lipinski definition) is 3. The fourth-order valence-electron chi connectivity index (χ4n) is 1.81. The Kier molecular flexibility index (Phi) is 4.27. The quantitative estimate of drug-likeness (QED) is 0.841. The highest BCUT2D eigenvalue weighted by atomic mass is 32.2. The SMILES string of the molecule is CC(C)(C)CCS(=O)(=O)N1CCC(C)(O)CC1. The van der Waals surface area contributed by atoms with Crippen molar-refractivity contribution in [2.75, 3.05) is 18.8 Å². The van der Waals surface area contributed by atoms with E-state index in [0.717, 1.165) is 0 Å². The van der Waals surface area contributed by atoms with E-state index in [0.29, 0.717) is 32.4 Å². The molecular weight excluding hydrogens is 238 g/mol. The number of aliphatic hydroxyl groups is 1. The van der Waals surface area contributed by atoms with Gasteiger partial charge in [-0.3, -0.25) is 0 Å². The van der Waals surface area contributed by atoms with Crippen molar-refractivity contribution in [1.82, 2.24) is 4.31 Å². The van der Waals surface area contributed by atoms with Crippen LogP contribution in [0, 0.1) is 5.41 Å². The smallest absolute Gasteiger partial charge is 0.214 e. The molecule has 0 bridgehead atoms. The summed E-state index contributed by atoms with van der Waals surface area (Å²) in [5.41, 5.74) is -0.662. The van der Waals surface area contributed by atoms with Crippen molar-refractivity contribution in [1.29, 1.82) is 0 Å². The van der Waals surface area contributed by atoms with E-state index in [9.17, 15) is 13.5 Å². The molecular formula is C12H25NO3S. The van der Waals surface area contributed by atoms with Gasteiger partial charge in [0.05, 0.1) is 11.4 Å². The second kappa shape index (κ2) is 4.86. The Bertz CT molecular complexity index is 344. The van der Waals surface area contributed by atoms with Crippen molar-refractivity contribution < 1.29 is 13.5 Å². The Morgan fingerprint density at radius 1 is 1.24 bits per heavy atom. The fraction of sp³-hybridized carbons (Fsp3) is 1.00. The molecule has 0 unspecified atom stereocenters. The molecule has 0 aliphatic carbocycles. The first-order valence-electron chi connectivity index (χ1n) is 6.22. The van der Waals surface area contributed by atoms with Crippen molar-refractivity contribution in [3.8, 4) is 0 Å². The minimum Gasteiger partial charge on any atom is -0.390 e. The monoisotopic (exact) mass is 263 g/mol. The predicted molar refractivity (Wildman–Crippen MR) is 69.3 cm³/mol. The average Bonchev–Trinajstić information content (AvgIpc) is 2.13. The van der Waals surface area contributed by atoms with Gasteiger partial charge in [0.1, 0.15) is 0 Å². The van der Waals surface area contributed by atoms with E-state index >= 15 is 0 Å². The maximum absolute atomic E-state index is 12.1. The molecule has 0 atom stereocenters. The van der Waals surface area contributed by atoms with Crippen molar-refractivity contribution >= 4 is 10.0 Å². The Labute approximate surface area is 105 Å². The topological polar surface area (TPSA) is 57.6 Å². The van der Waals surface area contributed by atoms with Crippen LogP contribution in [0.2, 0.25) is 0 Å². The zero-order valence-electron chi connectivity index (χ0n) is 11.4.